The first-order chi connectivity index (χ1) is 7.83. The number of piperidine rings is 1. The van der Waals surface area contributed by atoms with Crippen molar-refractivity contribution in [3.63, 3.8) is 0 Å². The van der Waals surface area contributed by atoms with Gasteiger partial charge in [-0.05, 0) is 37.9 Å². The molecule has 3 heteroatoms. The third-order valence-corrected chi connectivity index (χ3v) is 3.71. The largest absolute Gasteiger partial charge is 0.468 e. The SMILES string of the molecule is CCC1CCN(Cc2occc2CN)CC1. The lowest BCUT2D eigenvalue weighted by Crippen LogP contribution is -2.33. The van der Waals surface area contributed by atoms with Gasteiger partial charge in [-0.25, -0.2) is 0 Å². The second kappa shape index (κ2) is 5.51. The molecule has 1 aliphatic rings. The summed E-state index contributed by atoms with van der Waals surface area (Å²) >= 11 is 0. The van der Waals surface area contributed by atoms with Gasteiger partial charge in [-0.15, -0.1) is 0 Å². The monoisotopic (exact) mass is 222 g/mol. The maximum atomic E-state index is 5.67. The van der Waals surface area contributed by atoms with Crippen LogP contribution in [-0.2, 0) is 13.1 Å². The van der Waals surface area contributed by atoms with Crippen LogP contribution in [0.4, 0.5) is 0 Å². The maximum Gasteiger partial charge on any atom is 0.122 e. The van der Waals surface area contributed by atoms with E-state index in [0.717, 1.165) is 23.8 Å². The van der Waals surface area contributed by atoms with Crippen molar-refractivity contribution in [1.82, 2.24) is 4.90 Å². The molecule has 0 aliphatic carbocycles. The highest BCUT2D eigenvalue weighted by molar-refractivity contribution is 5.16. The van der Waals surface area contributed by atoms with Gasteiger partial charge in [0.2, 0.25) is 0 Å². The Morgan fingerprint density at radius 1 is 1.44 bits per heavy atom. The Labute approximate surface area is 97.6 Å². The van der Waals surface area contributed by atoms with E-state index >= 15 is 0 Å². The third-order valence-electron chi connectivity index (χ3n) is 3.71. The molecule has 1 aromatic heterocycles. The number of rotatable bonds is 4. The number of nitrogens with zero attached hydrogens (tertiary/aromatic N) is 1. The second-order valence-electron chi connectivity index (χ2n) is 4.70. The topological polar surface area (TPSA) is 42.4 Å². The lowest BCUT2D eigenvalue weighted by Gasteiger charge is -2.30. The summed E-state index contributed by atoms with van der Waals surface area (Å²) in [5, 5.41) is 0. The normalized spacial score (nSPS) is 19.1. The van der Waals surface area contributed by atoms with E-state index in [0.29, 0.717) is 6.54 Å². The average molecular weight is 222 g/mol. The fourth-order valence-electron chi connectivity index (χ4n) is 2.44. The number of hydrogen-bond donors (Lipinski definition) is 1. The molecule has 1 aromatic rings. The van der Waals surface area contributed by atoms with Gasteiger partial charge in [-0.3, -0.25) is 4.90 Å². The molecular weight excluding hydrogens is 200 g/mol. The number of furan rings is 1. The zero-order chi connectivity index (χ0) is 11.4. The van der Waals surface area contributed by atoms with Crippen molar-refractivity contribution in [2.24, 2.45) is 11.7 Å². The maximum absolute atomic E-state index is 5.67. The zero-order valence-electron chi connectivity index (χ0n) is 10.1. The standard InChI is InChI=1S/C13H22N2O/c1-2-11-3-6-15(7-4-11)10-13-12(9-14)5-8-16-13/h5,8,11H,2-4,6-7,9-10,14H2,1H3. The van der Waals surface area contributed by atoms with Crippen LogP contribution in [0.1, 0.15) is 37.5 Å². The molecule has 16 heavy (non-hydrogen) atoms. The van der Waals surface area contributed by atoms with Crippen LogP contribution in [0.3, 0.4) is 0 Å². The molecule has 1 saturated heterocycles. The highest BCUT2D eigenvalue weighted by Crippen LogP contribution is 2.22. The van der Waals surface area contributed by atoms with E-state index in [1.54, 1.807) is 6.26 Å². The van der Waals surface area contributed by atoms with Crippen LogP contribution in [0, 0.1) is 5.92 Å². The van der Waals surface area contributed by atoms with E-state index in [2.05, 4.69) is 11.8 Å². The van der Waals surface area contributed by atoms with E-state index < -0.39 is 0 Å². The van der Waals surface area contributed by atoms with Gasteiger partial charge in [0.15, 0.2) is 0 Å². The quantitative estimate of drug-likeness (QED) is 0.850. The van der Waals surface area contributed by atoms with Crippen molar-refractivity contribution in [1.29, 1.82) is 0 Å². The van der Waals surface area contributed by atoms with E-state index in [1.165, 1.54) is 32.4 Å². The molecule has 1 fully saturated rings. The molecule has 0 spiro atoms. The summed E-state index contributed by atoms with van der Waals surface area (Å²) < 4.78 is 5.49. The number of likely N-dealkylation sites (tertiary alicyclic amines) is 1. The molecule has 2 rings (SSSR count). The molecule has 2 heterocycles. The summed E-state index contributed by atoms with van der Waals surface area (Å²) in [5.74, 6) is 1.99. The van der Waals surface area contributed by atoms with Gasteiger partial charge in [-0.2, -0.15) is 0 Å². The summed E-state index contributed by atoms with van der Waals surface area (Å²) in [6.45, 7) is 6.19. The second-order valence-corrected chi connectivity index (χ2v) is 4.70. The Morgan fingerprint density at radius 2 is 2.19 bits per heavy atom. The van der Waals surface area contributed by atoms with Gasteiger partial charge in [0.1, 0.15) is 5.76 Å². The van der Waals surface area contributed by atoms with Crippen molar-refractivity contribution in [2.45, 2.75) is 39.3 Å². The van der Waals surface area contributed by atoms with Gasteiger partial charge in [-0.1, -0.05) is 13.3 Å². The van der Waals surface area contributed by atoms with E-state index in [1.807, 2.05) is 6.07 Å². The predicted octanol–water partition coefficient (Wildman–Crippen LogP) is 2.36. The van der Waals surface area contributed by atoms with Gasteiger partial charge >= 0.3 is 0 Å². The minimum Gasteiger partial charge on any atom is -0.468 e. The van der Waals surface area contributed by atoms with Crippen LogP contribution in [0.15, 0.2) is 16.7 Å². The molecular formula is C13H22N2O. The van der Waals surface area contributed by atoms with Crippen LogP contribution in [0.5, 0.6) is 0 Å². The Kier molecular flexibility index (Phi) is 4.02. The molecule has 0 radical (unpaired) electrons. The van der Waals surface area contributed by atoms with Crippen molar-refractivity contribution in [2.75, 3.05) is 13.1 Å². The van der Waals surface area contributed by atoms with Gasteiger partial charge in [0, 0.05) is 12.1 Å². The van der Waals surface area contributed by atoms with Crippen LogP contribution in [-0.4, -0.2) is 18.0 Å². The fourth-order valence-corrected chi connectivity index (χ4v) is 2.44. The Hall–Kier alpha value is -0.800. The van der Waals surface area contributed by atoms with Gasteiger partial charge in [0.25, 0.3) is 0 Å². The molecule has 2 N–H and O–H groups in total. The minimum atomic E-state index is 0.581. The van der Waals surface area contributed by atoms with Crippen molar-refractivity contribution in [3.05, 3.63) is 23.7 Å². The van der Waals surface area contributed by atoms with Crippen LogP contribution < -0.4 is 5.73 Å². The summed E-state index contributed by atoms with van der Waals surface area (Å²) in [7, 11) is 0. The van der Waals surface area contributed by atoms with Crippen LogP contribution in [0.25, 0.3) is 0 Å². The molecule has 3 nitrogen and oxygen atoms in total. The fraction of sp³-hybridized carbons (Fsp3) is 0.692. The zero-order valence-corrected chi connectivity index (χ0v) is 10.1. The first-order valence-corrected chi connectivity index (χ1v) is 6.31. The summed E-state index contributed by atoms with van der Waals surface area (Å²) in [4.78, 5) is 2.48. The molecule has 1 aliphatic heterocycles. The minimum absolute atomic E-state index is 0.581. The Balaban J connectivity index is 1.87. The van der Waals surface area contributed by atoms with Gasteiger partial charge < -0.3 is 10.2 Å². The van der Waals surface area contributed by atoms with E-state index in [4.69, 9.17) is 10.2 Å². The van der Waals surface area contributed by atoms with Crippen LogP contribution >= 0.6 is 0 Å². The van der Waals surface area contributed by atoms with E-state index in [9.17, 15) is 0 Å². The van der Waals surface area contributed by atoms with Crippen molar-refractivity contribution < 1.29 is 4.42 Å². The first kappa shape index (κ1) is 11.7. The molecule has 0 unspecified atom stereocenters. The highest BCUT2D eigenvalue weighted by Gasteiger charge is 2.19. The molecule has 90 valence electrons. The summed E-state index contributed by atoms with van der Waals surface area (Å²) in [5.41, 5.74) is 6.82. The summed E-state index contributed by atoms with van der Waals surface area (Å²) in [6.07, 6.45) is 5.73. The van der Waals surface area contributed by atoms with Crippen molar-refractivity contribution in [3.8, 4) is 0 Å². The van der Waals surface area contributed by atoms with Crippen LogP contribution in [0.2, 0.25) is 0 Å². The summed E-state index contributed by atoms with van der Waals surface area (Å²) in [6, 6.07) is 1.98. The van der Waals surface area contributed by atoms with Crippen molar-refractivity contribution >= 4 is 0 Å². The molecule has 0 aromatic carbocycles. The smallest absolute Gasteiger partial charge is 0.122 e. The number of hydrogen-bond acceptors (Lipinski definition) is 3. The Morgan fingerprint density at radius 3 is 2.81 bits per heavy atom. The Bertz CT molecular complexity index is 313. The molecule has 0 bridgehead atoms. The molecule has 0 amide bonds. The highest BCUT2D eigenvalue weighted by atomic mass is 16.3. The molecule has 0 atom stereocenters. The number of nitrogens with two attached hydrogens (primary N) is 1. The first-order valence-electron chi connectivity index (χ1n) is 6.31. The van der Waals surface area contributed by atoms with E-state index in [-0.39, 0.29) is 0 Å². The third kappa shape index (κ3) is 2.66. The predicted molar refractivity (Wildman–Crippen MR) is 64.9 cm³/mol. The lowest BCUT2D eigenvalue weighted by atomic mass is 9.94. The average Bonchev–Trinajstić information content (AvgIpc) is 2.77. The van der Waals surface area contributed by atoms with Gasteiger partial charge in [0.05, 0.1) is 12.8 Å². The lowest BCUT2D eigenvalue weighted by molar-refractivity contribution is 0.164. The molecule has 0 saturated carbocycles.